The molecule has 1 aliphatic heterocycles. The molecule has 0 amide bonds. The third-order valence-electron chi connectivity index (χ3n) is 7.50. The highest BCUT2D eigenvalue weighted by Gasteiger charge is 2.42. The predicted molar refractivity (Wildman–Crippen MR) is 140 cm³/mol. The monoisotopic (exact) mass is 458 g/mol. The van der Waals surface area contributed by atoms with Crippen LogP contribution in [0, 0.1) is 13.8 Å². The second kappa shape index (κ2) is 9.30. The molecule has 2 aliphatic rings. The number of benzene rings is 1. The van der Waals surface area contributed by atoms with Crippen LogP contribution in [0.4, 0.5) is 5.69 Å². The van der Waals surface area contributed by atoms with Crippen molar-refractivity contribution >= 4 is 23.0 Å². The van der Waals surface area contributed by atoms with E-state index in [0.29, 0.717) is 6.04 Å². The molecule has 3 aromatic rings. The van der Waals surface area contributed by atoms with Gasteiger partial charge in [0.25, 0.3) is 0 Å². The van der Waals surface area contributed by atoms with Crippen molar-refractivity contribution in [2.24, 2.45) is 0 Å². The zero-order valence-corrected chi connectivity index (χ0v) is 20.7. The zero-order chi connectivity index (χ0) is 22.9. The minimum absolute atomic E-state index is 0.00450. The summed E-state index contributed by atoms with van der Waals surface area (Å²) in [6, 6.07) is 18.1. The smallest absolute Gasteiger partial charge is 0.174 e. The lowest BCUT2D eigenvalue weighted by Gasteiger charge is -2.30. The summed E-state index contributed by atoms with van der Waals surface area (Å²) >= 11 is 5.93. The molecule has 33 heavy (non-hydrogen) atoms. The van der Waals surface area contributed by atoms with E-state index in [9.17, 15) is 0 Å². The number of thiocarbonyl (C=S) groups is 1. The van der Waals surface area contributed by atoms with Gasteiger partial charge in [-0.2, -0.15) is 0 Å². The number of aryl methyl sites for hydroxylation is 2. The molecule has 0 spiro atoms. The van der Waals surface area contributed by atoms with E-state index in [-0.39, 0.29) is 12.1 Å². The van der Waals surface area contributed by atoms with E-state index >= 15 is 0 Å². The number of hydrogen-bond acceptors (Lipinski definition) is 2. The third kappa shape index (κ3) is 4.08. The fraction of sp³-hybridized carbons (Fsp3) is 0.429. The molecule has 0 bridgehead atoms. The Morgan fingerprint density at radius 1 is 1.03 bits per heavy atom. The van der Waals surface area contributed by atoms with Gasteiger partial charge in [-0.25, -0.2) is 0 Å². The highest BCUT2D eigenvalue weighted by molar-refractivity contribution is 7.80. The highest BCUT2D eigenvalue weighted by atomic mass is 32.1. The molecule has 1 saturated carbocycles. The van der Waals surface area contributed by atoms with Crippen LogP contribution in [0.2, 0.25) is 0 Å². The van der Waals surface area contributed by atoms with E-state index < -0.39 is 0 Å². The summed E-state index contributed by atoms with van der Waals surface area (Å²) < 4.78 is 2.60. The maximum absolute atomic E-state index is 5.93. The number of nitrogens with zero attached hydrogens (tertiary/aromatic N) is 3. The van der Waals surface area contributed by atoms with Crippen LogP contribution in [-0.2, 0) is 6.42 Å². The lowest BCUT2D eigenvalue weighted by molar-refractivity contribution is 0.345. The number of hydrogen-bond donors (Lipinski definition) is 1. The van der Waals surface area contributed by atoms with Crippen LogP contribution in [0.25, 0.3) is 0 Å². The molecule has 172 valence electrons. The number of aromatic nitrogens is 2. The molecule has 2 aromatic heterocycles. The lowest BCUT2D eigenvalue weighted by atomic mass is 9.94. The second-order valence-corrected chi connectivity index (χ2v) is 9.89. The molecule has 1 aromatic carbocycles. The zero-order valence-electron chi connectivity index (χ0n) is 19.9. The quantitative estimate of drug-likeness (QED) is 0.429. The van der Waals surface area contributed by atoms with Crippen LogP contribution < -0.4 is 10.2 Å². The molecule has 1 saturated heterocycles. The maximum Gasteiger partial charge on any atom is 0.174 e. The SMILES string of the molecule is CCc1ccc(N2C(=S)N[C@@H](c3ccccn3)[C@H]2c2cc(C)n(C3CCCCC3)c2C)cc1. The van der Waals surface area contributed by atoms with E-state index in [2.05, 4.69) is 78.0 Å². The van der Waals surface area contributed by atoms with Gasteiger partial charge in [0, 0.05) is 29.3 Å². The van der Waals surface area contributed by atoms with Crippen LogP contribution in [0.3, 0.4) is 0 Å². The van der Waals surface area contributed by atoms with Gasteiger partial charge in [-0.1, -0.05) is 44.4 Å². The number of pyridine rings is 1. The van der Waals surface area contributed by atoms with Crippen molar-refractivity contribution in [2.45, 2.75) is 77.4 Å². The van der Waals surface area contributed by atoms with Gasteiger partial charge in [-0.15, -0.1) is 0 Å². The van der Waals surface area contributed by atoms with Gasteiger partial charge < -0.3 is 14.8 Å². The molecular formula is C28H34N4S. The van der Waals surface area contributed by atoms with Crippen LogP contribution in [0.15, 0.2) is 54.7 Å². The molecule has 2 atom stereocenters. The molecule has 0 radical (unpaired) electrons. The Morgan fingerprint density at radius 3 is 2.45 bits per heavy atom. The first-order chi connectivity index (χ1) is 16.1. The van der Waals surface area contributed by atoms with Gasteiger partial charge in [0.15, 0.2) is 5.11 Å². The average molecular weight is 459 g/mol. The summed E-state index contributed by atoms with van der Waals surface area (Å²) in [6.45, 7) is 6.76. The van der Waals surface area contributed by atoms with Crippen molar-refractivity contribution in [3.63, 3.8) is 0 Å². The fourth-order valence-corrected chi connectivity index (χ4v) is 6.19. The third-order valence-corrected chi connectivity index (χ3v) is 7.82. The van der Waals surface area contributed by atoms with Crippen molar-refractivity contribution in [1.82, 2.24) is 14.9 Å². The van der Waals surface area contributed by atoms with E-state index in [1.165, 1.54) is 54.6 Å². The number of anilines is 1. The predicted octanol–water partition coefficient (Wildman–Crippen LogP) is 6.74. The van der Waals surface area contributed by atoms with Gasteiger partial charge in [0.1, 0.15) is 0 Å². The van der Waals surface area contributed by atoms with E-state index in [1.807, 2.05) is 12.3 Å². The topological polar surface area (TPSA) is 33.1 Å². The molecule has 4 nitrogen and oxygen atoms in total. The standard InChI is InChI=1S/C28H34N4S/c1-4-21-13-15-23(16-14-21)32-27(26(30-28(32)33)25-12-8-9-17-29-25)24-18-19(2)31(20(24)3)22-10-6-5-7-11-22/h8-9,12-18,22,26-27H,4-7,10-11H2,1-3H3,(H,30,33)/t26-,27+/m0/s1. The first-order valence-electron chi connectivity index (χ1n) is 12.4. The highest BCUT2D eigenvalue weighted by Crippen LogP contribution is 2.44. The Morgan fingerprint density at radius 2 is 1.79 bits per heavy atom. The average Bonchev–Trinajstić information content (AvgIpc) is 3.35. The Balaban J connectivity index is 1.61. The molecule has 5 rings (SSSR count). The number of nitrogens with one attached hydrogen (secondary N) is 1. The first-order valence-corrected chi connectivity index (χ1v) is 12.8. The van der Waals surface area contributed by atoms with Gasteiger partial charge in [0.2, 0.25) is 0 Å². The molecule has 2 fully saturated rings. The minimum Gasteiger partial charge on any atom is -0.351 e. The normalized spacial score (nSPS) is 21.4. The number of rotatable bonds is 5. The van der Waals surface area contributed by atoms with Crippen molar-refractivity contribution in [1.29, 1.82) is 0 Å². The molecule has 1 N–H and O–H groups in total. The van der Waals surface area contributed by atoms with Crippen LogP contribution in [0.1, 0.15) is 85.4 Å². The molecule has 0 unspecified atom stereocenters. The summed E-state index contributed by atoms with van der Waals surface area (Å²) in [7, 11) is 0. The largest absolute Gasteiger partial charge is 0.351 e. The van der Waals surface area contributed by atoms with Crippen LogP contribution in [-0.4, -0.2) is 14.7 Å². The lowest BCUT2D eigenvalue weighted by Crippen LogP contribution is -2.29. The van der Waals surface area contributed by atoms with Crippen molar-refractivity contribution in [2.75, 3.05) is 4.90 Å². The Bertz CT molecular complexity index is 1110. The van der Waals surface area contributed by atoms with Crippen LogP contribution >= 0.6 is 12.2 Å². The summed E-state index contributed by atoms with van der Waals surface area (Å²) in [5, 5.41) is 4.38. The van der Waals surface area contributed by atoms with Gasteiger partial charge in [-0.3, -0.25) is 4.98 Å². The van der Waals surface area contributed by atoms with Crippen molar-refractivity contribution in [3.8, 4) is 0 Å². The van der Waals surface area contributed by atoms with E-state index in [4.69, 9.17) is 17.2 Å². The molecule has 3 heterocycles. The Labute approximate surface area is 203 Å². The minimum atomic E-state index is 0.00450. The van der Waals surface area contributed by atoms with Gasteiger partial charge >= 0.3 is 0 Å². The van der Waals surface area contributed by atoms with E-state index in [1.54, 1.807) is 0 Å². The summed E-state index contributed by atoms with van der Waals surface area (Å²) in [4.78, 5) is 7.03. The summed E-state index contributed by atoms with van der Waals surface area (Å²) in [6.07, 6.45) is 9.50. The van der Waals surface area contributed by atoms with Crippen molar-refractivity contribution in [3.05, 3.63) is 82.9 Å². The molecule has 5 heteroatoms. The van der Waals surface area contributed by atoms with Crippen molar-refractivity contribution < 1.29 is 0 Å². The first kappa shape index (κ1) is 22.1. The summed E-state index contributed by atoms with van der Waals surface area (Å²) in [5.74, 6) is 0. The Kier molecular flexibility index (Phi) is 6.24. The van der Waals surface area contributed by atoms with Gasteiger partial charge in [-0.05, 0) is 86.8 Å². The van der Waals surface area contributed by atoms with E-state index in [0.717, 1.165) is 22.9 Å². The summed E-state index contributed by atoms with van der Waals surface area (Å²) in [5.41, 5.74) is 7.57. The van der Waals surface area contributed by atoms with Gasteiger partial charge in [0.05, 0.1) is 17.8 Å². The maximum atomic E-state index is 5.93. The fourth-order valence-electron chi connectivity index (χ4n) is 5.84. The Hall–Kier alpha value is -2.66. The van der Waals surface area contributed by atoms with Crippen LogP contribution in [0.5, 0.6) is 0 Å². The molecule has 1 aliphatic carbocycles. The molecular weight excluding hydrogens is 424 g/mol. The second-order valence-electron chi connectivity index (χ2n) is 9.50.